The first kappa shape index (κ1) is 21.4. The fourth-order valence-corrected chi connectivity index (χ4v) is 2.89. The van der Waals surface area contributed by atoms with Crippen LogP contribution in [-0.2, 0) is 6.54 Å². The molecule has 0 bridgehead atoms. The van der Waals surface area contributed by atoms with E-state index in [2.05, 4.69) is 10.4 Å². The topological polar surface area (TPSA) is 86.0 Å². The smallest absolute Gasteiger partial charge is 0.348 e. The second-order valence-corrected chi connectivity index (χ2v) is 7.26. The van der Waals surface area contributed by atoms with Crippen LogP contribution in [-0.4, -0.2) is 26.3 Å². The monoisotopic (exact) mass is 430 g/mol. The van der Waals surface area contributed by atoms with Gasteiger partial charge in [-0.1, -0.05) is 30.7 Å². The van der Waals surface area contributed by atoms with Crippen LogP contribution in [0, 0.1) is 5.82 Å². The van der Waals surface area contributed by atoms with Crippen LogP contribution in [0.25, 0.3) is 5.69 Å². The van der Waals surface area contributed by atoms with Crippen molar-refractivity contribution in [2.45, 2.75) is 32.9 Å². The van der Waals surface area contributed by atoms with Gasteiger partial charge in [0.2, 0.25) is 5.69 Å². The molecule has 2 aromatic carbocycles. The summed E-state index contributed by atoms with van der Waals surface area (Å²) in [6.07, 6.45) is 0.653. The number of nitrogens with one attached hydrogen (secondary N) is 1. The normalized spacial score (nSPS) is 11.9. The van der Waals surface area contributed by atoms with Crippen LogP contribution in [0.5, 0.6) is 0 Å². The molecule has 0 aliphatic heterocycles. The van der Waals surface area contributed by atoms with Gasteiger partial charge in [0.25, 0.3) is 11.5 Å². The van der Waals surface area contributed by atoms with Gasteiger partial charge < -0.3 is 5.32 Å². The maximum absolute atomic E-state index is 13.6. The average molecular weight is 431 g/mol. The Labute approximate surface area is 176 Å². The highest BCUT2D eigenvalue weighted by Gasteiger charge is 2.21. The van der Waals surface area contributed by atoms with Crippen molar-refractivity contribution in [3.8, 4) is 5.69 Å². The second-order valence-electron chi connectivity index (χ2n) is 6.82. The Balaban J connectivity index is 2.18. The van der Waals surface area contributed by atoms with Crippen molar-refractivity contribution >= 4 is 17.5 Å². The minimum absolute atomic E-state index is 0.189. The first-order chi connectivity index (χ1) is 14.3. The van der Waals surface area contributed by atoms with Crippen molar-refractivity contribution in [3.05, 3.63) is 91.5 Å². The molecule has 9 heteroatoms. The molecule has 1 N–H and O–H groups in total. The highest BCUT2D eigenvalue weighted by Crippen LogP contribution is 2.11. The number of hydrogen-bond acceptors (Lipinski definition) is 4. The average Bonchev–Trinajstić information content (AvgIpc) is 2.72. The summed E-state index contributed by atoms with van der Waals surface area (Å²) in [5.41, 5.74) is -1.31. The molecule has 0 saturated carbocycles. The van der Waals surface area contributed by atoms with E-state index in [9.17, 15) is 18.8 Å². The second kappa shape index (κ2) is 9.04. The fourth-order valence-electron chi connectivity index (χ4n) is 2.76. The zero-order valence-electron chi connectivity index (χ0n) is 16.4. The third kappa shape index (κ3) is 4.65. The number of nitrogens with zero attached hydrogens (tertiary/aromatic N) is 3. The molecule has 1 heterocycles. The molecule has 1 atom stereocenters. The van der Waals surface area contributed by atoms with Crippen LogP contribution >= 0.6 is 11.6 Å². The predicted molar refractivity (Wildman–Crippen MR) is 112 cm³/mol. The molecular weight excluding hydrogens is 411 g/mol. The van der Waals surface area contributed by atoms with Crippen molar-refractivity contribution in [2.24, 2.45) is 0 Å². The van der Waals surface area contributed by atoms with Gasteiger partial charge in [0.05, 0.1) is 12.2 Å². The first-order valence-electron chi connectivity index (χ1n) is 9.35. The molecule has 0 aliphatic rings. The van der Waals surface area contributed by atoms with Crippen LogP contribution < -0.4 is 16.6 Å². The van der Waals surface area contributed by atoms with E-state index in [-0.39, 0.29) is 12.6 Å². The van der Waals surface area contributed by atoms with E-state index in [4.69, 9.17) is 11.6 Å². The molecule has 3 rings (SSSR count). The summed E-state index contributed by atoms with van der Waals surface area (Å²) in [6.45, 7) is 3.46. The molecular formula is C21H20ClFN4O3. The molecule has 7 nitrogen and oxygen atoms in total. The Morgan fingerprint density at radius 2 is 1.90 bits per heavy atom. The number of hydrogen-bond donors (Lipinski definition) is 1. The molecule has 0 aliphatic carbocycles. The number of rotatable bonds is 6. The lowest BCUT2D eigenvalue weighted by molar-refractivity contribution is 0.0929. The van der Waals surface area contributed by atoms with Crippen molar-refractivity contribution in [2.75, 3.05) is 0 Å². The Morgan fingerprint density at radius 1 is 1.20 bits per heavy atom. The third-order valence-corrected chi connectivity index (χ3v) is 4.82. The predicted octanol–water partition coefficient (Wildman–Crippen LogP) is 2.76. The quantitative estimate of drug-likeness (QED) is 0.651. The van der Waals surface area contributed by atoms with E-state index in [1.807, 2.05) is 6.92 Å². The van der Waals surface area contributed by atoms with Gasteiger partial charge in [-0.15, -0.1) is 0 Å². The summed E-state index contributed by atoms with van der Waals surface area (Å²) in [6, 6.07) is 11.6. The lowest BCUT2D eigenvalue weighted by Crippen LogP contribution is -2.47. The molecule has 3 aromatic rings. The van der Waals surface area contributed by atoms with Gasteiger partial charge in [0.1, 0.15) is 5.82 Å². The van der Waals surface area contributed by atoms with Crippen molar-refractivity contribution < 1.29 is 9.18 Å². The fraction of sp³-hybridized carbons (Fsp3) is 0.238. The lowest BCUT2D eigenvalue weighted by Gasteiger charge is -2.14. The van der Waals surface area contributed by atoms with E-state index in [0.717, 1.165) is 9.25 Å². The molecule has 1 amide bonds. The number of aromatic nitrogens is 3. The zero-order chi connectivity index (χ0) is 21.8. The largest absolute Gasteiger partial charge is 0.352 e. The minimum Gasteiger partial charge on any atom is -0.348 e. The highest BCUT2D eigenvalue weighted by molar-refractivity contribution is 6.30. The van der Waals surface area contributed by atoms with Gasteiger partial charge in [0, 0.05) is 11.1 Å². The van der Waals surface area contributed by atoms with Crippen molar-refractivity contribution in [1.29, 1.82) is 0 Å². The van der Waals surface area contributed by atoms with E-state index < -0.39 is 28.7 Å². The van der Waals surface area contributed by atoms with E-state index in [0.29, 0.717) is 22.7 Å². The Morgan fingerprint density at radius 3 is 2.53 bits per heavy atom. The molecule has 0 spiro atoms. The van der Waals surface area contributed by atoms with Gasteiger partial charge >= 0.3 is 5.69 Å². The van der Waals surface area contributed by atoms with Crippen LogP contribution in [0.3, 0.4) is 0 Å². The summed E-state index contributed by atoms with van der Waals surface area (Å²) >= 11 is 5.91. The maximum Gasteiger partial charge on any atom is 0.352 e. The van der Waals surface area contributed by atoms with E-state index in [1.165, 1.54) is 18.2 Å². The molecule has 0 fully saturated rings. The molecule has 30 heavy (non-hydrogen) atoms. The van der Waals surface area contributed by atoms with Crippen LogP contribution in [0.15, 0.2) is 58.1 Å². The Bertz CT molecular complexity index is 1190. The van der Waals surface area contributed by atoms with Gasteiger partial charge in [-0.05, 0) is 55.3 Å². The summed E-state index contributed by atoms with van der Waals surface area (Å²) in [4.78, 5) is 38.6. The first-order valence-corrected chi connectivity index (χ1v) is 9.73. The van der Waals surface area contributed by atoms with E-state index in [1.54, 1.807) is 37.3 Å². The number of benzene rings is 2. The van der Waals surface area contributed by atoms with Crippen molar-refractivity contribution in [1.82, 2.24) is 19.7 Å². The lowest BCUT2D eigenvalue weighted by atomic mass is 10.2. The van der Waals surface area contributed by atoms with E-state index >= 15 is 0 Å². The van der Waals surface area contributed by atoms with Crippen LogP contribution in [0.2, 0.25) is 5.02 Å². The van der Waals surface area contributed by atoms with Crippen LogP contribution in [0.1, 0.15) is 36.3 Å². The summed E-state index contributed by atoms with van der Waals surface area (Å²) in [7, 11) is 0. The molecule has 0 saturated heterocycles. The highest BCUT2D eigenvalue weighted by atomic mass is 35.5. The molecule has 156 valence electrons. The summed E-state index contributed by atoms with van der Waals surface area (Å²) in [5.74, 6) is -1.19. The van der Waals surface area contributed by atoms with Crippen molar-refractivity contribution in [3.63, 3.8) is 0 Å². The van der Waals surface area contributed by atoms with Gasteiger partial charge in [-0.2, -0.15) is 9.78 Å². The van der Waals surface area contributed by atoms with Gasteiger partial charge in [-0.3, -0.25) is 14.2 Å². The summed E-state index contributed by atoms with van der Waals surface area (Å²) < 4.78 is 15.4. The Kier molecular flexibility index (Phi) is 6.47. The number of carbonyl (C=O) groups is 1. The standard InChI is InChI=1S/C21H20ClFN4O3/c1-3-13(2)24-19(28)18-20(29)26(12-14-5-4-6-16(23)11-14)21(30)27(25-18)17-9-7-15(22)8-10-17/h4-11,13H,3,12H2,1-2H3,(H,24,28)/t13-/m1/s1. The molecule has 1 aromatic heterocycles. The Hall–Kier alpha value is -3.26. The van der Waals surface area contributed by atoms with Crippen LogP contribution in [0.4, 0.5) is 4.39 Å². The zero-order valence-corrected chi connectivity index (χ0v) is 17.2. The SMILES string of the molecule is CC[C@@H](C)NC(=O)c1nn(-c2ccc(Cl)cc2)c(=O)n(Cc2cccc(F)c2)c1=O. The maximum atomic E-state index is 13.6. The number of halogens is 2. The minimum atomic E-state index is -0.852. The van der Waals surface area contributed by atoms with Gasteiger partial charge in [0.15, 0.2) is 0 Å². The number of amides is 1. The van der Waals surface area contributed by atoms with Gasteiger partial charge in [-0.25, -0.2) is 9.18 Å². The molecule has 0 unspecified atom stereocenters. The third-order valence-electron chi connectivity index (χ3n) is 4.57. The molecule has 0 radical (unpaired) electrons. The number of carbonyl (C=O) groups excluding carboxylic acids is 1. The summed E-state index contributed by atoms with van der Waals surface area (Å²) in [5, 5.41) is 7.16.